The van der Waals surface area contributed by atoms with E-state index in [-0.39, 0.29) is 28.4 Å². The van der Waals surface area contributed by atoms with E-state index in [1.54, 1.807) is 55.8 Å². The molecular weight excluding hydrogens is 469 g/mol. The van der Waals surface area contributed by atoms with Gasteiger partial charge in [-0.05, 0) is 65.2 Å². The van der Waals surface area contributed by atoms with Crippen LogP contribution in [0.2, 0.25) is 0 Å². The van der Waals surface area contributed by atoms with Crippen LogP contribution in [-0.2, 0) is 7.05 Å². The van der Waals surface area contributed by atoms with Gasteiger partial charge in [0.2, 0.25) is 5.69 Å². The summed E-state index contributed by atoms with van der Waals surface area (Å²) in [6.07, 6.45) is 0.243. The molecule has 3 heteroatoms. The molecule has 0 radical (unpaired) electrons. The van der Waals surface area contributed by atoms with Crippen LogP contribution in [-0.4, -0.2) is 0 Å². The summed E-state index contributed by atoms with van der Waals surface area (Å²) in [7, 11) is 1.79. The number of aryl methyl sites for hydroxylation is 2. The lowest BCUT2D eigenvalue weighted by atomic mass is 9.94. The molecule has 0 spiro atoms. The fraction of sp³-hybridized carbons (Fsp3) is 0.171. The standard InChI is InChI=1S/C35H31FNO/c1-21(2)25-17-18-37(5)31(20-25)32-22(3)11-13-28-29-15-16-30(36)33(35(29)38-34(28)32)27-14-12-26(19-23(27)4)24-9-7-6-8-10-24/h6-21H,1-5H3/q+1/i4D3,18D,21D. The average molecular weight is 506 g/mol. The summed E-state index contributed by atoms with van der Waals surface area (Å²) < 4.78 is 66.3. The van der Waals surface area contributed by atoms with Crippen molar-refractivity contribution in [2.24, 2.45) is 7.05 Å². The molecule has 0 atom stereocenters. The largest absolute Gasteiger partial charge is 0.454 e. The van der Waals surface area contributed by atoms with Crippen molar-refractivity contribution < 1.29 is 20.2 Å². The normalized spacial score (nSPS) is 14.2. The summed E-state index contributed by atoms with van der Waals surface area (Å²) in [5, 5.41) is 1.40. The van der Waals surface area contributed by atoms with E-state index >= 15 is 4.39 Å². The Hall–Kier alpha value is -4.24. The quantitative estimate of drug-likeness (QED) is 0.218. The molecule has 38 heavy (non-hydrogen) atoms. The highest BCUT2D eigenvalue weighted by Crippen LogP contribution is 2.42. The van der Waals surface area contributed by atoms with E-state index in [0.29, 0.717) is 22.2 Å². The fourth-order valence-electron chi connectivity index (χ4n) is 5.17. The maximum atomic E-state index is 15.8. The molecule has 6 rings (SSSR count). The Labute approximate surface area is 230 Å². The van der Waals surface area contributed by atoms with Gasteiger partial charge in [-0.1, -0.05) is 74.5 Å². The number of fused-ring (bicyclic) bond motifs is 3. The molecule has 2 heterocycles. The molecule has 188 valence electrons. The number of halogens is 1. The minimum atomic E-state index is -2.51. The zero-order chi connectivity index (χ0) is 30.8. The number of hydrogen-bond donors (Lipinski definition) is 0. The van der Waals surface area contributed by atoms with Gasteiger partial charge in [-0.25, -0.2) is 8.96 Å². The Bertz CT molecular complexity index is 2040. The first-order valence-electron chi connectivity index (χ1n) is 15.1. The minimum Gasteiger partial charge on any atom is -0.454 e. The van der Waals surface area contributed by atoms with Crippen molar-refractivity contribution in [1.82, 2.24) is 0 Å². The van der Waals surface area contributed by atoms with Gasteiger partial charge in [0.25, 0.3) is 0 Å². The number of furan rings is 1. The van der Waals surface area contributed by atoms with Gasteiger partial charge in [-0.3, -0.25) is 0 Å². The van der Waals surface area contributed by atoms with Gasteiger partial charge in [-0.15, -0.1) is 0 Å². The van der Waals surface area contributed by atoms with Crippen molar-refractivity contribution >= 4 is 21.9 Å². The molecule has 6 aromatic rings. The van der Waals surface area contributed by atoms with Gasteiger partial charge in [0.1, 0.15) is 25.4 Å². The van der Waals surface area contributed by atoms with Crippen LogP contribution >= 0.6 is 0 Å². The van der Waals surface area contributed by atoms with Crippen LogP contribution in [0.25, 0.3) is 55.4 Å². The third kappa shape index (κ3) is 3.90. The predicted octanol–water partition coefficient (Wildman–Crippen LogP) is 9.29. The molecule has 0 N–H and O–H groups in total. The Morgan fingerprint density at radius 2 is 1.58 bits per heavy atom. The minimum absolute atomic E-state index is 0.0349. The van der Waals surface area contributed by atoms with E-state index in [4.69, 9.17) is 11.3 Å². The van der Waals surface area contributed by atoms with E-state index in [1.807, 2.05) is 55.5 Å². The highest BCUT2D eigenvalue weighted by Gasteiger charge is 2.24. The maximum Gasteiger partial charge on any atom is 0.216 e. The SMILES string of the molecule is [2H]c1cc(C([2H])(C)C)cc(-c2c(C)ccc3c2oc2c(-c4ccc(-c5ccccc5)cc4C([2H])([2H])[2H])c(F)ccc23)[n+]1C. The molecule has 0 aliphatic carbocycles. The summed E-state index contributed by atoms with van der Waals surface area (Å²) in [6, 6.07) is 25.0. The first-order valence-corrected chi connectivity index (χ1v) is 12.6. The Balaban J connectivity index is 1.66. The number of benzene rings is 4. The third-order valence-electron chi connectivity index (χ3n) is 7.26. The lowest BCUT2D eigenvalue weighted by Gasteiger charge is -2.11. The van der Waals surface area contributed by atoms with Crippen molar-refractivity contribution in [3.63, 3.8) is 0 Å². The predicted molar refractivity (Wildman–Crippen MR) is 155 cm³/mol. The molecule has 0 fully saturated rings. The smallest absolute Gasteiger partial charge is 0.216 e. The van der Waals surface area contributed by atoms with Crippen molar-refractivity contribution in [3.05, 3.63) is 114 Å². The molecule has 0 unspecified atom stereocenters. The molecule has 0 aliphatic rings. The molecule has 0 aliphatic heterocycles. The number of nitrogens with zero attached hydrogens (tertiary/aromatic N) is 1. The van der Waals surface area contributed by atoms with E-state index in [1.165, 1.54) is 6.07 Å². The van der Waals surface area contributed by atoms with Gasteiger partial charge in [0, 0.05) is 28.4 Å². The van der Waals surface area contributed by atoms with Crippen LogP contribution in [0.4, 0.5) is 4.39 Å². The van der Waals surface area contributed by atoms with Crippen molar-refractivity contribution in [2.75, 3.05) is 0 Å². The highest BCUT2D eigenvalue weighted by atomic mass is 19.1. The number of hydrogen-bond acceptors (Lipinski definition) is 1. The summed E-state index contributed by atoms with van der Waals surface area (Å²) in [6.45, 7) is 2.99. The Kier molecular flexibility index (Phi) is 4.61. The summed E-state index contributed by atoms with van der Waals surface area (Å²) in [5.41, 5.74) is 5.73. The van der Waals surface area contributed by atoms with Crippen LogP contribution in [0.5, 0.6) is 0 Å². The summed E-state index contributed by atoms with van der Waals surface area (Å²) in [5.74, 6) is -1.51. The second kappa shape index (κ2) is 9.25. The van der Waals surface area contributed by atoms with Crippen molar-refractivity contribution in [1.29, 1.82) is 0 Å². The average Bonchev–Trinajstić information content (AvgIpc) is 3.32. The number of pyridine rings is 1. The Morgan fingerprint density at radius 1 is 0.842 bits per heavy atom. The molecule has 0 saturated heterocycles. The van der Waals surface area contributed by atoms with Crippen LogP contribution in [0, 0.1) is 19.6 Å². The molecule has 0 amide bonds. The van der Waals surface area contributed by atoms with Crippen LogP contribution in [0.15, 0.2) is 95.5 Å². The highest BCUT2D eigenvalue weighted by molar-refractivity contribution is 6.13. The zero-order valence-electron chi connectivity index (χ0n) is 26.8. The molecule has 2 aromatic heterocycles. The van der Waals surface area contributed by atoms with Gasteiger partial charge < -0.3 is 4.42 Å². The van der Waals surface area contributed by atoms with E-state index in [2.05, 4.69) is 0 Å². The summed E-state index contributed by atoms with van der Waals surface area (Å²) >= 11 is 0. The molecule has 0 bridgehead atoms. The Morgan fingerprint density at radius 3 is 2.32 bits per heavy atom. The van der Waals surface area contributed by atoms with E-state index in [0.717, 1.165) is 27.6 Å². The van der Waals surface area contributed by atoms with Gasteiger partial charge in [-0.2, -0.15) is 0 Å². The lowest BCUT2D eigenvalue weighted by Crippen LogP contribution is -2.31. The van der Waals surface area contributed by atoms with Gasteiger partial charge in [0.05, 0.1) is 11.1 Å². The lowest BCUT2D eigenvalue weighted by molar-refractivity contribution is -0.660. The molecule has 4 aromatic carbocycles. The van der Waals surface area contributed by atoms with Crippen molar-refractivity contribution in [2.45, 2.75) is 33.5 Å². The van der Waals surface area contributed by atoms with Crippen LogP contribution < -0.4 is 4.57 Å². The van der Waals surface area contributed by atoms with Crippen LogP contribution in [0.1, 0.15) is 43.3 Å². The zero-order valence-corrected chi connectivity index (χ0v) is 21.8. The van der Waals surface area contributed by atoms with Gasteiger partial charge >= 0.3 is 0 Å². The van der Waals surface area contributed by atoms with Crippen molar-refractivity contribution in [3.8, 4) is 33.5 Å². The first-order chi connectivity index (χ1) is 20.3. The number of rotatable bonds is 4. The van der Waals surface area contributed by atoms with Gasteiger partial charge in [0.15, 0.2) is 6.17 Å². The third-order valence-corrected chi connectivity index (χ3v) is 7.26. The number of aromatic nitrogens is 1. The fourth-order valence-corrected chi connectivity index (χ4v) is 5.17. The first kappa shape index (κ1) is 18.9. The monoisotopic (exact) mass is 505 g/mol. The molecule has 0 saturated carbocycles. The molecular formula is C35H31FNO+. The second-order valence-electron chi connectivity index (χ2n) is 9.98. The summed E-state index contributed by atoms with van der Waals surface area (Å²) in [4.78, 5) is 0. The maximum absolute atomic E-state index is 15.8. The molecule has 2 nitrogen and oxygen atoms in total. The van der Waals surface area contributed by atoms with E-state index in [9.17, 15) is 0 Å². The van der Waals surface area contributed by atoms with E-state index < -0.39 is 18.6 Å². The van der Waals surface area contributed by atoms with Crippen LogP contribution in [0.3, 0.4) is 0 Å². The topological polar surface area (TPSA) is 17.0 Å². The second-order valence-corrected chi connectivity index (χ2v) is 9.98.